The number of esters is 2. The van der Waals surface area contributed by atoms with Gasteiger partial charge in [-0.1, -0.05) is 12.1 Å². The number of phenolic OH excluding ortho intramolecular Hbond substituents is 1. The van der Waals surface area contributed by atoms with Crippen LogP contribution in [-0.4, -0.2) is 231 Å². The predicted octanol–water partition coefficient (Wildman–Crippen LogP) is 1.08. The molecule has 4 rings (SSSR count). The van der Waals surface area contributed by atoms with Crippen LogP contribution in [0.1, 0.15) is 79.9 Å². The van der Waals surface area contributed by atoms with E-state index < -0.39 is 64.7 Å². The number of hydrazine groups is 1. The molecule has 26 heteroatoms. The number of carbonyl (C=O) groups excluding carboxylic acids is 5. The molecule has 2 aromatic carbocycles. The first-order chi connectivity index (χ1) is 38.6. The summed E-state index contributed by atoms with van der Waals surface area (Å²) in [5.41, 5.74) is 12.1. The summed E-state index contributed by atoms with van der Waals surface area (Å²) in [5.74, 6) is -2.97. The summed E-state index contributed by atoms with van der Waals surface area (Å²) in [6, 6.07) is 10.2. The molecular weight excluding hydrogens is 1070 g/mol. The molecule has 462 valence electrons. The standard InChI is InChI=1S/C56H91N9O17/c1-40-11-13-44-42(33-40)65(53(73)79-44)35-41-12-14-45(43(66)34-41)78-39-47(68)58-16-26-75-28-30-77-32-31-76-29-27-74-25-15-46(67)59-60-52(72)51(57)64-23-21-62(37-49(70)81-55(5,6)7)19-17-61(36-48(69)80-54(2,3)4)18-20-63(22-24-64)38-50(71)82-56(8,9)10/h11-14,33-34,49,51,66,70H,15-32,35-39,57H2,1-10H3,(H,58,68)(H,59,67)(H,60,72). The van der Waals surface area contributed by atoms with Gasteiger partial charge in [0.1, 0.15) is 17.4 Å². The highest BCUT2D eigenvalue weighted by Gasteiger charge is 2.29. The second kappa shape index (κ2) is 34.1. The van der Waals surface area contributed by atoms with Gasteiger partial charge in [0.05, 0.1) is 90.0 Å². The Hall–Kier alpha value is -5.78. The number of phenols is 1. The molecule has 1 aromatic heterocycles. The normalized spacial score (nSPS) is 15.7. The fraction of sp³-hybridized carbons (Fsp3) is 0.679. The molecule has 2 heterocycles. The number of hydrogen-bond acceptors (Lipinski definition) is 22. The van der Waals surface area contributed by atoms with Gasteiger partial charge in [-0.15, -0.1) is 0 Å². The van der Waals surface area contributed by atoms with Crippen LogP contribution < -0.4 is 32.4 Å². The fourth-order valence-electron chi connectivity index (χ4n) is 8.21. The number of nitrogens with one attached hydrogen (secondary N) is 3. The van der Waals surface area contributed by atoms with Gasteiger partial charge in [-0.25, -0.2) is 4.79 Å². The van der Waals surface area contributed by atoms with Crippen molar-refractivity contribution in [3.05, 3.63) is 58.1 Å². The molecule has 1 aliphatic rings. The predicted molar refractivity (Wildman–Crippen MR) is 303 cm³/mol. The van der Waals surface area contributed by atoms with Crippen molar-refractivity contribution in [2.75, 3.05) is 138 Å². The number of ether oxygens (including phenoxy) is 8. The van der Waals surface area contributed by atoms with E-state index in [0.29, 0.717) is 75.8 Å². The Morgan fingerprint density at radius 1 is 0.671 bits per heavy atom. The summed E-state index contributed by atoms with van der Waals surface area (Å²) in [4.78, 5) is 84.5. The van der Waals surface area contributed by atoms with Crippen molar-refractivity contribution < 1.29 is 76.5 Å². The summed E-state index contributed by atoms with van der Waals surface area (Å²) in [7, 11) is 0. The molecule has 1 saturated heterocycles. The maximum atomic E-state index is 13.5. The molecule has 0 spiro atoms. The Kier molecular flexibility index (Phi) is 28.6. The van der Waals surface area contributed by atoms with Crippen LogP contribution in [0.3, 0.4) is 0 Å². The SMILES string of the molecule is Cc1ccc2oc(=O)n(Cc3ccc(OCC(=O)NCCOCCOCCOCCOCCC(=O)NNC(=O)C(N)N4CCN(CC(=O)OC(C)(C)C)CCN(CC(=O)OC(C)(C)C)CCN(CC(O)OC(C)(C)C)CC4)c(O)c3)c2c1. The van der Waals surface area contributed by atoms with Gasteiger partial charge >= 0.3 is 17.7 Å². The zero-order valence-corrected chi connectivity index (χ0v) is 49.7. The van der Waals surface area contributed by atoms with E-state index in [2.05, 4.69) is 16.2 Å². The van der Waals surface area contributed by atoms with E-state index in [4.69, 9.17) is 48.0 Å². The van der Waals surface area contributed by atoms with Crippen molar-refractivity contribution in [3.63, 3.8) is 0 Å². The highest BCUT2D eigenvalue weighted by Crippen LogP contribution is 2.28. The largest absolute Gasteiger partial charge is 0.504 e. The van der Waals surface area contributed by atoms with Gasteiger partial charge in [0.25, 0.3) is 11.8 Å². The quantitative estimate of drug-likeness (QED) is 0.0245. The molecule has 3 amide bonds. The van der Waals surface area contributed by atoms with E-state index in [1.165, 1.54) is 16.7 Å². The number of benzene rings is 2. The summed E-state index contributed by atoms with van der Waals surface area (Å²) in [6.45, 7) is 23.0. The third-order valence-electron chi connectivity index (χ3n) is 12.0. The minimum atomic E-state index is -1.22. The number of nitrogens with two attached hydrogens (primary N) is 1. The molecule has 1 aliphatic heterocycles. The number of oxazole rings is 1. The number of β-amino-alcohol motifs (C(OH)–C–C–N with tert-alkyl or cyclic N) is 1. The van der Waals surface area contributed by atoms with Crippen LogP contribution in [-0.2, 0) is 63.7 Å². The lowest BCUT2D eigenvalue weighted by molar-refractivity contribution is -0.174. The van der Waals surface area contributed by atoms with Crippen LogP contribution in [0.25, 0.3) is 11.1 Å². The van der Waals surface area contributed by atoms with E-state index in [-0.39, 0.29) is 103 Å². The lowest BCUT2D eigenvalue weighted by atomic mass is 10.2. The minimum Gasteiger partial charge on any atom is -0.504 e. The van der Waals surface area contributed by atoms with Crippen LogP contribution in [0.5, 0.6) is 11.5 Å². The van der Waals surface area contributed by atoms with Crippen molar-refractivity contribution in [1.82, 2.24) is 40.3 Å². The topological polar surface area (TPSA) is 310 Å². The van der Waals surface area contributed by atoms with Crippen molar-refractivity contribution in [3.8, 4) is 11.5 Å². The number of rotatable bonds is 29. The summed E-state index contributed by atoms with van der Waals surface area (Å²) in [5, 5.41) is 24.1. The van der Waals surface area contributed by atoms with Gasteiger partial charge < -0.3 is 63.6 Å². The molecule has 0 saturated carbocycles. The number of amides is 3. The average molecular weight is 1160 g/mol. The first-order valence-corrected chi connectivity index (χ1v) is 27.8. The Bertz CT molecular complexity index is 2520. The number of aryl methyl sites for hydroxylation is 1. The van der Waals surface area contributed by atoms with Crippen LogP contribution >= 0.6 is 0 Å². The van der Waals surface area contributed by atoms with E-state index >= 15 is 0 Å². The summed E-state index contributed by atoms with van der Waals surface area (Å²) < 4.78 is 51.4. The van der Waals surface area contributed by atoms with Gasteiger partial charge in [-0.05, 0) is 105 Å². The number of fused-ring (bicyclic) bond motifs is 1. The molecule has 3 aromatic rings. The highest BCUT2D eigenvalue weighted by atomic mass is 16.6. The molecular formula is C56H91N9O17. The Balaban J connectivity index is 1.09. The van der Waals surface area contributed by atoms with Gasteiger partial charge in [-0.3, -0.25) is 59.0 Å². The smallest absolute Gasteiger partial charge is 0.420 e. The Labute approximate surface area is 481 Å². The van der Waals surface area contributed by atoms with Crippen molar-refractivity contribution >= 4 is 40.8 Å². The average Bonchev–Trinajstić information content (AvgIpc) is 3.73. The van der Waals surface area contributed by atoms with E-state index in [1.54, 1.807) is 58.6 Å². The van der Waals surface area contributed by atoms with Crippen LogP contribution in [0, 0.1) is 6.92 Å². The zero-order valence-electron chi connectivity index (χ0n) is 49.7. The van der Waals surface area contributed by atoms with Gasteiger partial charge in [0, 0.05) is 65.4 Å². The van der Waals surface area contributed by atoms with Gasteiger partial charge in [0.2, 0.25) is 5.91 Å². The summed E-state index contributed by atoms with van der Waals surface area (Å²) >= 11 is 0. The van der Waals surface area contributed by atoms with Crippen molar-refractivity contribution in [2.45, 2.75) is 111 Å². The molecule has 1 fully saturated rings. The van der Waals surface area contributed by atoms with Crippen LogP contribution in [0.4, 0.5) is 0 Å². The van der Waals surface area contributed by atoms with Gasteiger partial charge in [-0.2, -0.15) is 0 Å². The number of nitrogens with zero attached hydrogens (tertiary/aromatic N) is 5. The Morgan fingerprint density at radius 3 is 1.77 bits per heavy atom. The lowest BCUT2D eigenvalue weighted by Gasteiger charge is -2.36. The molecule has 2 atom stereocenters. The summed E-state index contributed by atoms with van der Waals surface area (Å²) in [6.07, 6.45) is -2.41. The molecule has 0 bridgehead atoms. The molecule has 0 radical (unpaired) electrons. The second-order valence-electron chi connectivity index (χ2n) is 22.8. The number of aliphatic hydroxyl groups is 1. The van der Waals surface area contributed by atoms with Crippen LogP contribution in [0.2, 0.25) is 0 Å². The van der Waals surface area contributed by atoms with E-state index in [1.807, 2.05) is 54.5 Å². The zero-order chi connectivity index (χ0) is 60.5. The number of hydrogen-bond donors (Lipinski definition) is 6. The number of carbonyl (C=O) groups is 5. The fourth-order valence-corrected chi connectivity index (χ4v) is 8.21. The van der Waals surface area contributed by atoms with Gasteiger partial charge in [0.15, 0.2) is 30.0 Å². The number of aromatic hydroxyl groups is 1. The number of aliphatic hydroxyl groups excluding tert-OH is 1. The lowest BCUT2D eigenvalue weighted by Crippen LogP contribution is -2.59. The molecule has 82 heavy (non-hydrogen) atoms. The molecule has 0 aliphatic carbocycles. The maximum Gasteiger partial charge on any atom is 0.420 e. The van der Waals surface area contributed by atoms with E-state index in [0.717, 1.165) is 5.56 Å². The highest BCUT2D eigenvalue weighted by molar-refractivity contribution is 5.85. The third kappa shape index (κ3) is 28.0. The second-order valence-corrected chi connectivity index (χ2v) is 22.8. The molecule has 2 unspecified atom stereocenters. The van der Waals surface area contributed by atoms with E-state index in [9.17, 15) is 39.0 Å². The minimum absolute atomic E-state index is 0.00792. The molecule has 7 N–H and O–H groups in total. The maximum absolute atomic E-state index is 13.5. The first-order valence-electron chi connectivity index (χ1n) is 27.8. The van der Waals surface area contributed by atoms with Crippen molar-refractivity contribution in [1.29, 1.82) is 0 Å². The number of aromatic nitrogens is 1. The first kappa shape index (κ1) is 68.7. The third-order valence-corrected chi connectivity index (χ3v) is 12.0. The molecule has 26 nitrogen and oxygen atoms in total. The van der Waals surface area contributed by atoms with Crippen LogP contribution in [0.15, 0.2) is 45.6 Å². The monoisotopic (exact) mass is 1160 g/mol. The van der Waals surface area contributed by atoms with Crippen molar-refractivity contribution in [2.24, 2.45) is 5.73 Å². The Morgan fingerprint density at radius 2 is 1.21 bits per heavy atom.